The summed E-state index contributed by atoms with van der Waals surface area (Å²) in [5, 5.41) is 0. The third kappa shape index (κ3) is 4.46. The van der Waals surface area contributed by atoms with Crippen LogP contribution in [0.1, 0.15) is 36.7 Å². The van der Waals surface area contributed by atoms with Crippen LogP contribution in [0.5, 0.6) is 5.75 Å². The van der Waals surface area contributed by atoms with Crippen LogP contribution in [0.25, 0.3) is 11.8 Å². The van der Waals surface area contributed by atoms with Gasteiger partial charge in [0.1, 0.15) is 11.4 Å². The molecule has 0 aliphatic carbocycles. The second kappa shape index (κ2) is 9.26. The summed E-state index contributed by atoms with van der Waals surface area (Å²) in [4.78, 5) is 19.5. The summed E-state index contributed by atoms with van der Waals surface area (Å²) < 4.78 is 60.9. The maximum absolute atomic E-state index is 14.0. The molecule has 194 valence electrons. The zero-order chi connectivity index (χ0) is 26.5. The fourth-order valence-corrected chi connectivity index (χ4v) is 4.83. The summed E-state index contributed by atoms with van der Waals surface area (Å²) in [6, 6.07) is 5.86. The van der Waals surface area contributed by atoms with E-state index < -0.39 is 41.0 Å². The number of morpholine rings is 2. The lowest BCUT2D eigenvalue weighted by Crippen LogP contribution is -2.64. The number of fused-ring (bicyclic) bond motifs is 1. The number of hydrogen-bond acceptors (Lipinski definition) is 5. The Morgan fingerprint density at radius 3 is 2.51 bits per heavy atom. The van der Waals surface area contributed by atoms with Crippen molar-refractivity contribution in [3.05, 3.63) is 82.9 Å². The van der Waals surface area contributed by atoms with Crippen molar-refractivity contribution in [1.82, 2.24) is 14.5 Å². The lowest BCUT2D eigenvalue weighted by Gasteiger charge is -2.52. The number of hydrogen-bond donors (Lipinski definition) is 0. The quantitative estimate of drug-likeness (QED) is 0.373. The number of carbonyl (C=O) groups is 1. The molecule has 2 fully saturated rings. The van der Waals surface area contributed by atoms with Gasteiger partial charge in [-0.1, -0.05) is 6.07 Å². The van der Waals surface area contributed by atoms with Crippen molar-refractivity contribution in [1.29, 1.82) is 0 Å². The normalized spacial score (nSPS) is 22.1. The van der Waals surface area contributed by atoms with E-state index in [1.807, 2.05) is 43.7 Å². The fraction of sp³-hybridized carbons (Fsp3) is 0.333. The first-order valence-electron chi connectivity index (χ1n) is 11.7. The van der Waals surface area contributed by atoms with E-state index in [4.69, 9.17) is 14.2 Å². The van der Waals surface area contributed by atoms with E-state index in [1.54, 1.807) is 25.6 Å². The van der Waals surface area contributed by atoms with Gasteiger partial charge in [0, 0.05) is 6.20 Å². The number of benzene rings is 2. The Kier molecular flexibility index (Phi) is 6.23. The molecule has 0 spiro atoms. The van der Waals surface area contributed by atoms with Crippen LogP contribution in [0, 0.1) is 24.4 Å². The van der Waals surface area contributed by atoms with Crippen molar-refractivity contribution in [2.24, 2.45) is 0 Å². The van der Waals surface area contributed by atoms with E-state index in [0.717, 1.165) is 23.5 Å². The maximum atomic E-state index is 14.0. The monoisotopic (exact) mass is 513 g/mol. The average molecular weight is 514 g/mol. The Morgan fingerprint density at radius 2 is 1.86 bits per heavy atom. The van der Waals surface area contributed by atoms with Crippen LogP contribution in [-0.2, 0) is 14.3 Å². The van der Waals surface area contributed by atoms with Crippen LogP contribution in [0.4, 0.5) is 13.2 Å². The molecule has 2 atom stereocenters. The van der Waals surface area contributed by atoms with Crippen LogP contribution in [-0.4, -0.2) is 52.3 Å². The topological polar surface area (TPSA) is 65.8 Å². The van der Waals surface area contributed by atoms with Gasteiger partial charge < -0.3 is 23.7 Å². The first kappa shape index (κ1) is 24.9. The van der Waals surface area contributed by atoms with E-state index in [9.17, 15) is 18.0 Å². The van der Waals surface area contributed by atoms with E-state index in [2.05, 4.69) is 4.98 Å². The first-order chi connectivity index (χ1) is 17.6. The highest BCUT2D eigenvalue weighted by molar-refractivity contribution is 5.97. The number of aryl methyl sites for hydroxylation is 1. The van der Waals surface area contributed by atoms with Crippen LogP contribution < -0.4 is 4.74 Å². The molecule has 2 unspecified atom stereocenters. The number of aromatic nitrogens is 2. The molecular formula is C27H26F3N3O4. The van der Waals surface area contributed by atoms with Gasteiger partial charge in [-0.15, -0.1) is 0 Å². The smallest absolute Gasteiger partial charge is 0.290 e. The van der Waals surface area contributed by atoms with Gasteiger partial charge in [-0.05, 0) is 62.2 Å². The zero-order valence-electron chi connectivity index (χ0n) is 20.8. The van der Waals surface area contributed by atoms with E-state index >= 15 is 0 Å². The van der Waals surface area contributed by atoms with Crippen molar-refractivity contribution in [2.45, 2.75) is 38.5 Å². The molecule has 2 aliphatic rings. The summed E-state index contributed by atoms with van der Waals surface area (Å²) in [5.74, 6) is -4.05. The third-order valence-electron chi connectivity index (χ3n) is 6.73. The minimum Gasteiger partial charge on any atom is -0.495 e. The predicted octanol–water partition coefficient (Wildman–Crippen LogP) is 4.73. The Bertz CT molecular complexity index is 1380. The van der Waals surface area contributed by atoms with E-state index in [0.29, 0.717) is 11.3 Å². The van der Waals surface area contributed by atoms with Gasteiger partial charge in [0.15, 0.2) is 23.2 Å². The second-order valence-electron chi connectivity index (χ2n) is 9.65. The fourth-order valence-electron chi connectivity index (χ4n) is 4.83. The van der Waals surface area contributed by atoms with Crippen molar-refractivity contribution in [3.63, 3.8) is 0 Å². The molecule has 0 bridgehead atoms. The Hall–Kier alpha value is -3.79. The molecule has 0 saturated carbocycles. The molecule has 2 aliphatic heterocycles. The molecule has 0 radical (unpaired) electrons. The van der Waals surface area contributed by atoms with Gasteiger partial charge in [0.25, 0.3) is 5.91 Å². The molecule has 2 aromatic carbocycles. The molecule has 37 heavy (non-hydrogen) atoms. The van der Waals surface area contributed by atoms with Gasteiger partial charge in [-0.25, -0.2) is 18.2 Å². The number of rotatable bonds is 4. The number of nitrogens with zero attached hydrogens (tertiary/aromatic N) is 3. The summed E-state index contributed by atoms with van der Waals surface area (Å²) in [6.07, 6.45) is 5.15. The van der Waals surface area contributed by atoms with Crippen molar-refractivity contribution >= 4 is 12.0 Å². The highest BCUT2D eigenvalue weighted by atomic mass is 19.2. The van der Waals surface area contributed by atoms with Gasteiger partial charge in [0.2, 0.25) is 0 Å². The highest BCUT2D eigenvalue weighted by Crippen LogP contribution is 2.40. The summed E-state index contributed by atoms with van der Waals surface area (Å²) in [6.45, 7) is 5.70. The molecule has 3 heterocycles. The standard InChI is InChI=1S/C27H26F3N3O4/c1-15-11-32(14-31-15)20-6-5-16(7-22(20)35-4)8-23-26(34)33-21(12-36-13-24(33)27(2,3)37-23)17-9-18(28)25(30)19(29)10-17/h5-11,14,21,24H,12-13H2,1-4H3/b23-8-. The molecule has 5 rings (SSSR count). The van der Waals surface area contributed by atoms with Gasteiger partial charge in [-0.3, -0.25) is 4.79 Å². The Labute approximate surface area is 212 Å². The molecule has 1 aromatic heterocycles. The van der Waals surface area contributed by atoms with Gasteiger partial charge >= 0.3 is 0 Å². The molecule has 7 nitrogen and oxygen atoms in total. The SMILES string of the molecule is COc1cc(/C=C2\OC(C)(C)C3COCC(c4cc(F)c(F)c(F)c4)N3C2=O)ccc1-n1cnc(C)c1. The number of carbonyl (C=O) groups excluding carboxylic acids is 1. The molecule has 3 aromatic rings. The number of halogens is 3. The summed E-state index contributed by atoms with van der Waals surface area (Å²) in [5.41, 5.74) is 1.50. The van der Waals surface area contributed by atoms with Crippen LogP contribution >= 0.6 is 0 Å². The lowest BCUT2D eigenvalue weighted by atomic mass is 9.90. The summed E-state index contributed by atoms with van der Waals surface area (Å²) in [7, 11) is 1.55. The van der Waals surface area contributed by atoms with Crippen molar-refractivity contribution < 1.29 is 32.2 Å². The minimum atomic E-state index is -1.56. The van der Waals surface area contributed by atoms with Crippen LogP contribution in [0.2, 0.25) is 0 Å². The molecule has 0 N–H and O–H groups in total. The second-order valence-corrected chi connectivity index (χ2v) is 9.65. The number of methoxy groups -OCH3 is 1. The summed E-state index contributed by atoms with van der Waals surface area (Å²) >= 11 is 0. The number of ether oxygens (including phenoxy) is 3. The molecular weight excluding hydrogens is 487 g/mol. The highest BCUT2D eigenvalue weighted by Gasteiger charge is 2.50. The average Bonchev–Trinajstić information content (AvgIpc) is 3.30. The van der Waals surface area contributed by atoms with Crippen molar-refractivity contribution in [2.75, 3.05) is 20.3 Å². The number of amides is 1. The van der Waals surface area contributed by atoms with Gasteiger partial charge in [0.05, 0.1) is 50.1 Å². The first-order valence-corrected chi connectivity index (χ1v) is 11.7. The van der Waals surface area contributed by atoms with Crippen molar-refractivity contribution in [3.8, 4) is 11.4 Å². The molecule has 2 saturated heterocycles. The minimum absolute atomic E-state index is 0.00293. The number of imidazole rings is 1. The van der Waals surface area contributed by atoms with Crippen LogP contribution in [0.3, 0.4) is 0 Å². The Morgan fingerprint density at radius 1 is 1.14 bits per heavy atom. The molecule has 1 amide bonds. The third-order valence-corrected chi connectivity index (χ3v) is 6.73. The largest absolute Gasteiger partial charge is 0.495 e. The zero-order valence-corrected chi connectivity index (χ0v) is 20.8. The van der Waals surface area contributed by atoms with Gasteiger partial charge in [-0.2, -0.15) is 0 Å². The van der Waals surface area contributed by atoms with Crippen LogP contribution in [0.15, 0.2) is 48.6 Å². The van der Waals surface area contributed by atoms with E-state index in [1.165, 1.54) is 4.90 Å². The maximum Gasteiger partial charge on any atom is 0.290 e. The Balaban J connectivity index is 1.53. The predicted molar refractivity (Wildman–Crippen MR) is 129 cm³/mol. The molecule has 10 heteroatoms. The lowest BCUT2D eigenvalue weighted by molar-refractivity contribution is -0.184. The van der Waals surface area contributed by atoms with E-state index in [-0.39, 0.29) is 24.5 Å².